The van der Waals surface area contributed by atoms with Crippen molar-refractivity contribution in [3.63, 3.8) is 0 Å². The first-order chi connectivity index (χ1) is 13.1. The summed E-state index contributed by atoms with van der Waals surface area (Å²) in [4.78, 5) is 51.3. The number of rotatable bonds is 4. The van der Waals surface area contributed by atoms with Crippen molar-refractivity contribution >= 4 is 29.5 Å². The van der Waals surface area contributed by atoms with Gasteiger partial charge in [0.1, 0.15) is 5.03 Å². The molecule has 0 bridgehead atoms. The third-order valence-electron chi connectivity index (χ3n) is 3.75. The van der Waals surface area contributed by atoms with Crippen LogP contribution in [0.15, 0.2) is 76.9 Å². The van der Waals surface area contributed by atoms with Gasteiger partial charge in [0.05, 0.1) is 11.1 Å². The minimum Gasteiger partial charge on any atom is -0.322 e. The molecule has 1 aliphatic heterocycles. The van der Waals surface area contributed by atoms with E-state index in [-0.39, 0.29) is 16.8 Å². The number of carbonyl (C=O) groups excluding carboxylic acids is 3. The molecule has 0 spiro atoms. The lowest BCUT2D eigenvalue weighted by molar-refractivity contribution is -0.0591. The van der Waals surface area contributed by atoms with E-state index in [9.17, 15) is 14.4 Å². The number of benzene rings is 2. The third kappa shape index (κ3) is 3.18. The van der Waals surface area contributed by atoms with Gasteiger partial charge in [-0.1, -0.05) is 47.2 Å². The number of hydrogen-bond donors (Lipinski definition) is 0. The molecule has 0 fully saturated rings. The van der Waals surface area contributed by atoms with Crippen LogP contribution in [-0.2, 0) is 4.84 Å². The minimum atomic E-state index is -0.934. The van der Waals surface area contributed by atoms with Gasteiger partial charge in [-0.2, -0.15) is 0 Å². The Labute approximate surface area is 158 Å². The second kappa shape index (κ2) is 7.00. The van der Waals surface area contributed by atoms with Crippen LogP contribution in [0.25, 0.3) is 0 Å². The van der Waals surface area contributed by atoms with Crippen LogP contribution < -0.4 is 0 Å². The van der Waals surface area contributed by atoms with Gasteiger partial charge in [-0.15, -0.1) is 0 Å². The van der Waals surface area contributed by atoms with Gasteiger partial charge in [0.2, 0.25) is 0 Å². The number of hydroxylamine groups is 2. The van der Waals surface area contributed by atoms with E-state index in [1.165, 1.54) is 36.3 Å². The number of hydrogen-bond acceptors (Lipinski definition) is 7. The molecule has 3 aromatic rings. The predicted molar refractivity (Wildman–Crippen MR) is 95.0 cm³/mol. The highest BCUT2D eigenvalue weighted by Crippen LogP contribution is 2.29. The summed E-state index contributed by atoms with van der Waals surface area (Å²) in [6, 6.07) is 15.6. The van der Waals surface area contributed by atoms with E-state index in [0.717, 1.165) is 4.90 Å². The van der Waals surface area contributed by atoms with Gasteiger partial charge in [-0.05, 0) is 24.3 Å². The van der Waals surface area contributed by atoms with Gasteiger partial charge in [0.15, 0.2) is 5.69 Å². The molecule has 0 aliphatic carbocycles. The van der Waals surface area contributed by atoms with Crippen molar-refractivity contribution < 1.29 is 19.2 Å². The van der Waals surface area contributed by atoms with Crippen LogP contribution in [0.2, 0.25) is 0 Å². The molecule has 0 saturated carbocycles. The molecule has 0 radical (unpaired) electrons. The Morgan fingerprint density at radius 1 is 0.852 bits per heavy atom. The highest BCUT2D eigenvalue weighted by atomic mass is 32.2. The number of nitrogens with zero attached hydrogens (tertiary/aromatic N) is 3. The quantitative estimate of drug-likeness (QED) is 0.646. The Bertz CT molecular complexity index is 1020. The number of carbonyl (C=O) groups is 3. The van der Waals surface area contributed by atoms with Gasteiger partial charge >= 0.3 is 5.97 Å². The first kappa shape index (κ1) is 16.9. The van der Waals surface area contributed by atoms with Crippen molar-refractivity contribution in [1.29, 1.82) is 0 Å². The molecule has 4 rings (SSSR count). The molecule has 2 aromatic carbocycles. The van der Waals surface area contributed by atoms with Crippen molar-refractivity contribution in [2.24, 2.45) is 0 Å². The summed E-state index contributed by atoms with van der Waals surface area (Å²) in [5.74, 6) is -2.31. The van der Waals surface area contributed by atoms with Crippen LogP contribution in [0.4, 0.5) is 0 Å². The Balaban J connectivity index is 1.58. The summed E-state index contributed by atoms with van der Waals surface area (Å²) in [6.45, 7) is 0. The number of amides is 2. The Morgan fingerprint density at radius 3 is 2.11 bits per heavy atom. The molecule has 0 unspecified atom stereocenters. The van der Waals surface area contributed by atoms with Gasteiger partial charge in [0.25, 0.3) is 11.8 Å². The molecular formula is C19H11N3O4S. The molecule has 0 N–H and O–H groups in total. The zero-order chi connectivity index (χ0) is 18.8. The molecule has 2 heterocycles. The van der Waals surface area contributed by atoms with Crippen LogP contribution in [0.3, 0.4) is 0 Å². The summed E-state index contributed by atoms with van der Waals surface area (Å²) in [5.41, 5.74) is 0.296. The summed E-state index contributed by atoms with van der Waals surface area (Å²) in [6.07, 6.45) is 2.79. The van der Waals surface area contributed by atoms with E-state index in [1.807, 2.05) is 30.3 Å². The second-order valence-electron chi connectivity index (χ2n) is 5.45. The Hall–Kier alpha value is -3.52. The maximum absolute atomic E-state index is 12.6. The van der Waals surface area contributed by atoms with Crippen molar-refractivity contribution in [1.82, 2.24) is 15.0 Å². The molecule has 1 aliphatic rings. The van der Waals surface area contributed by atoms with Crippen molar-refractivity contribution in [3.8, 4) is 0 Å². The third-order valence-corrected chi connectivity index (χ3v) is 4.75. The van der Waals surface area contributed by atoms with Crippen LogP contribution in [-0.4, -0.2) is 32.8 Å². The molecular weight excluding hydrogens is 366 g/mol. The van der Waals surface area contributed by atoms with Gasteiger partial charge in [-0.3, -0.25) is 9.59 Å². The van der Waals surface area contributed by atoms with Crippen molar-refractivity contribution in [3.05, 3.63) is 83.8 Å². The fourth-order valence-electron chi connectivity index (χ4n) is 2.52. The number of imide groups is 1. The SMILES string of the molecule is O=C(ON1C(=O)c2ccccc2C1=O)c1nccnc1Sc1ccccc1. The summed E-state index contributed by atoms with van der Waals surface area (Å²) in [7, 11) is 0. The van der Waals surface area contributed by atoms with Gasteiger partial charge in [-0.25, -0.2) is 14.8 Å². The lowest BCUT2D eigenvalue weighted by atomic mass is 10.1. The van der Waals surface area contributed by atoms with Crippen LogP contribution in [0, 0.1) is 0 Å². The molecule has 27 heavy (non-hydrogen) atoms. The van der Waals surface area contributed by atoms with Crippen molar-refractivity contribution in [2.75, 3.05) is 0 Å². The van der Waals surface area contributed by atoms with E-state index in [0.29, 0.717) is 10.1 Å². The molecule has 0 saturated heterocycles. The fourth-order valence-corrected chi connectivity index (χ4v) is 3.38. The molecule has 1 aromatic heterocycles. The van der Waals surface area contributed by atoms with E-state index in [4.69, 9.17) is 4.84 Å². The Kier molecular flexibility index (Phi) is 4.39. The minimum absolute atomic E-state index is 0.0806. The smallest absolute Gasteiger partial charge is 0.322 e. The van der Waals surface area contributed by atoms with Crippen molar-refractivity contribution in [2.45, 2.75) is 9.92 Å². The maximum Gasteiger partial charge on any atom is 0.384 e. The van der Waals surface area contributed by atoms with E-state index < -0.39 is 17.8 Å². The highest BCUT2D eigenvalue weighted by Gasteiger charge is 2.39. The number of aromatic nitrogens is 2. The largest absolute Gasteiger partial charge is 0.384 e. The molecule has 7 nitrogen and oxygen atoms in total. The average Bonchev–Trinajstić information content (AvgIpc) is 2.94. The molecule has 132 valence electrons. The predicted octanol–water partition coefficient (Wildman–Crippen LogP) is 3.00. The lowest BCUT2D eigenvalue weighted by Gasteiger charge is -2.13. The zero-order valence-corrected chi connectivity index (χ0v) is 14.6. The average molecular weight is 377 g/mol. The fraction of sp³-hybridized carbons (Fsp3) is 0. The normalized spacial score (nSPS) is 12.8. The van der Waals surface area contributed by atoms with Gasteiger partial charge in [0, 0.05) is 17.3 Å². The second-order valence-corrected chi connectivity index (χ2v) is 6.52. The Morgan fingerprint density at radius 2 is 1.44 bits per heavy atom. The summed E-state index contributed by atoms with van der Waals surface area (Å²) in [5, 5.41) is 0.767. The summed E-state index contributed by atoms with van der Waals surface area (Å²) < 4.78 is 0. The molecule has 2 amide bonds. The van der Waals surface area contributed by atoms with E-state index in [2.05, 4.69) is 9.97 Å². The lowest BCUT2D eigenvalue weighted by Crippen LogP contribution is -2.33. The summed E-state index contributed by atoms with van der Waals surface area (Å²) >= 11 is 1.23. The van der Waals surface area contributed by atoms with Gasteiger partial charge < -0.3 is 4.84 Å². The topological polar surface area (TPSA) is 89.5 Å². The van der Waals surface area contributed by atoms with Crippen LogP contribution in [0.5, 0.6) is 0 Å². The maximum atomic E-state index is 12.6. The van der Waals surface area contributed by atoms with E-state index in [1.54, 1.807) is 12.1 Å². The highest BCUT2D eigenvalue weighted by molar-refractivity contribution is 7.99. The monoisotopic (exact) mass is 377 g/mol. The zero-order valence-electron chi connectivity index (χ0n) is 13.7. The standard InChI is InChI=1S/C19H11N3O4S/c23-17-13-8-4-5-9-14(13)18(24)22(17)26-19(25)15-16(21-11-10-20-15)27-12-6-2-1-3-7-12/h1-11H. The first-order valence-corrected chi connectivity index (χ1v) is 8.71. The first-order valence-electron chi connectivity index (χ1n) is 7.89. The molecule has 8 heteroatoms. The molecule has 0 atom stereocenters. The van der Waals surface area contributed by atoms with E-state index >= 15 is 0 Å². The number of fused-ring (bicyclic) bond motifs is 1. The van der Waals surface area contributed by atoms with Crippen LogP contribution in [0.1, 0.15) is 31.2 Å². The van der Waals surface area contributed by atoms with Crippen LogP contribution >= 0.6 is 11.8 Å².